The predicted molar refractivity (Wildman–Crippen MR) is 91.0 cm³/mol. The van der Waals surface area contributed by atoms with Crippen LogP contribution in [0.15, 0.2) is 29.3 Å². The molecule has 2 N–H and O–H groups in total. The quantitative estimate of drug-likeness (QED) is 0.533. The number of rotatable bonds is 9. The molecule has 0 fully saturated rings. The number of aliphatic imine (C=N–C) groups is 1. The van der Waals surface area contributed by atoms with Crippen LogP contribution in [0.2, 0.25) is 0 Å². The van der Waals surface area contributed by atoms with Crippen LogP contribution in [0.5, 0.6) is 0 Å². The lowest BCUT2D eigenvalue weighted by Crippen LogP contribution is -2.29. The van der Waals surface area contributed by atoms with E-state index in [1.165, 1.54) is 6.92 Å². The first-order valence-corrected chi connectivity index (χ1v) is 7.69. The van der Waals surface area contributed by atoms with E-state index in [2.05, 4.69) is 15.6 Å². The van der Waals surface area contributed by atoms with Crippen LogP contribution < -0.4 is 10.6 Å². The molecule has 0 bridgehead atoms. The van der Waals surface area contributed by atoms with Crippen molar-refractivity contribution >= 4 is 18.0 Å². The summed E-state index contributed by atoms with van der Waals surface area (Å²) in [6.45, 7) is 4.92. The second-order valence-corrected chi connectivity index (χ2v) is 5.22. The molecule has 2 amide bonds. The average molecular weight is 319 g/mol. The standard InChI is InChI=1S/C17H25N3O3/c1-13(23-11-10-19-14(2)21)8-9-20-17(22)16-6-4-15(5-7-16)12-18-3/h4-7,12-13H,8-11H2,1-3H3,(H,19,21)(H,20,22)/b18-12+. The number of carbonyl (C=O) groups excluding carboxylic acids is 2. The highest BCUT2D eigenvalue weighted by Crippen LogP contribution is 2.03. The van der Waals surface area contributed by atoms with E-state index in [1.807, 2.05) is 19.1 Å². The number of nitrogens with one attached hydrogen (secondary N) is 2. The number of ether oxygens (including phenoxy) is 1. The summed E-state index contributed by atoms with van der Waals surface area (Å²) in [4.78, 5) is 26.6. The minimum atomic E-state index is -0.101. The van der Waals surface area contributed by atoms with E-state index in [-0.39, 0.29) is 17.9 Å². The smallest absolute Gasteiger partial charge is 0.251 e. The molecule has 1 aromatic rings. The van der Waals surface area contributed by atoms with Crippen molar-refractivity contribution in [1.29, 1.82) is 0 Å². The van der Waals surface area contributed by atoms with Crippen LogP contribution in [-0.4, -0.2) is 50.9 Å². The Morgan fingerprint density at radius 3 is 2.52 bits per heavy atom. The summed E-state index contributed by atoms with van der Waals surface area (Å²) in [6, 6.07) is 7.27. The second-order valence-electron chi connectivity index (χ2n) is 5.22. The lowest BCUT2D eigenvalue weighted by atomic mass is 10.1. The summed E-state index contributed by atoms with van der Waals surface area (Å²) in [5, 5.41) is 5.53. The average Bonchev–Trinajstić information content (AvgIpc) is 2.52. The Bertz CT molecular complexity index is 526. The highest BCUT2D eigenvalue weighted by atomic mass is 16.5. The molecule has 0 aliphatic carbocycles. The van der Waals surface area contributed by atoms with E-state index in [9.17, 15) is 9.59 Å². The van der Waals surface area contributed by atoms with Gasteiger partial charge in [-0.05, 0) is 31.0 Å². The molecule has 0 aliphatic heterocycles. The van der Waals surface area contributed by atoms with E-state index in [0.717, 1.165) is 5.56 Å². The summed E-state index contributed by atoms with van der Waals surface area (Å²) < 4.78 is 5.54. The van der Waals surface area contributed by atoms with Crippen LogP contribution >= 0.6 is 0 Å². The third kappa shape index (κ3) is 8.11. The molecule has 0 radical (unpaired) electrons. The molecule has 126 valence electrons. The van der Waals surface area contributed by atoms with E-state index in [0.29, 0.717) is 31.7 Å². The maximum atomic E-state index is 12.0. The van der Waals surface area contributed by atoms with Gasteiger partial charge in [0.05, 0.1) is 12.7 Å². The topological polar surface area (TPSA) is 79.8 Å². The number of carbonyl (C=O) groups is 2. The van der Waals surface area contributed by atoms with Gasteiger partial charge < -0.3 is 15.4 Å². The Balaban J connectivity index is 2.23. The first-order valence-electron chi connectivity index (χ1n) is 7.69. The molecule has 1 rings (SSSR count). The van der Waals surface area contributed by atoms with Crippen LogP contribution in [0, 0.1) is 0 Å². The van der Waals surface area contributed by atoms with Crippen molar-refractivity contribution in [3.63, 3.8) is 0 Å². The normalized spacial score (nSPS) is 12.1. The van der Waals surface area contributed by atoms with Gasteiger partial charge in [-0.2, -0.15) is 0 Å². The van der Waals surface area contributed by atoms with E-state index < -0.39 is 0 Å². The van der Waals surface area contributed by atoms with Crippen LogP contribution in [-0.2, 0) is 9.53 Å². The van der Waals surface area contributed by atoms with Gasteiger partial charge in [0, 0.05) is 38.8 Å². The fourth-order valence-electron chi connectivity index (χ4n) is 1.93. The fraction of sp³-hybridized carbons (Fsp3) is 0.471. The Kier molecular flexibility index (Phi) is 8.60. The van der Waals surface area contributed by atoms with Crippen molar-refractivity contribution in [2.24, 2.45) is 4.99 Å². The third-order valence-corrected chi connectivity index (χ3v) is 3.17. The molecule has 0 spiro atoms. The highest BCUT2D eigenvalue weighted by molar-refractivity contribution is 5.95. The molecule has 23 heavy (non-hydrogen) atoms. The predicted octanol–water partition coefficient (Wildman–Crippen LogP) is 1.40. The zero-order chi connectivity index (χ0) is 17.1. The maximum absolute atomic E-state index is 12.0. The molecule has 1 atom stereocenters. The van der Waals surface area contributed by atoms with Crippen LogP contribution in [0.25, 0.3) is 0 Å². The Morgan fingerprint density at radius 1 is 1.22 bits per heavy atom. The Labute approximate surface area is 137 Å². The molecule has 1 unspecified atom stereocenters. The Morgan fingerprint density at radius 2 is 1.91 bits per heavy atom. The SMILES string of the molecule is C/N=C/c1ccc(C(=O)NCCC(C)OCCNC(C)=O)cc1. The lowest BCUT2D eigenvalue weighted by molar-refractivity contribution is -0.119. The van der Waals surface area contributed by atoms with Gasteiger partial charge in [-0.3, -0.25) is 14.6 Å². The molecule has 1 aromatic carbocycles. The van der Waals surface area contributed by atoms with Crippen molar-refractivity contribution in [3.05, 3.63) is 35.4 Å². The van der Waals surface area contributed by atoms with Gasteiger partial charge in [-0.1, -0.05) is 12.1 Å². The van der Waals surface area contributed by atoms with Crippen LogP contribution in [0.1, 0.15) is 36.2 Å². The molecule has 0 aliphatic rings. The fourth-order valence-corrected chi connectivity index (χ4v) is 1.93. The largest absolute Gasteiger partial charge is 0.377 e. The van der Waals surface area contributed by atoms with E-state index in [1.54, 1.807) is 25.4 Å². The van der Waals surface area contributed by atoms with Crippen molar-refractivity contribution in [3.8, 4) is 0 Å². The Hall–Kier alpha value is -2.21. The molecule has 6 heteroatoms. The van der Waals surface area contributed by atoms with Gasteiger partial charge in [0.1, 0.15) is 0 Å². The van der Waals surface area contributed by atoms with Crippen LogP contribution in [0.3, 0.4) is 0 Å². The summed E-state index contributed by atoms with van der Waals surface area (Å²) in [7, 11) is 1.71. The van der Waals surface area contributed by atoms with Crippen molar-refractivity contribution in [2.45, 2.75) is 26.4 Å². The highest BCUT2D eigenvalue weighted by Gasteiger charge is 2.07. The first-order chi connectivity index (χ1) is 11.0. The van der Waals surface area contributed by atoms with Crippen LogP contribution in [0.4, 0.5) is 0 Å². The monoisotopic (exact) mass is 319 g/mol. The van der Waals surface area contributed by atoms with Crippen molar-refractivity contribution in [1.82, 2.24) is 10.6 Å². The summed E-state index contributed by atoms with van der Waals surface area (Å²) in [6.07, 6.45) is 2.47. The molecular weight excluding hydrogens is 294 g/mol. The molecule has 0 aromatic heterocycles. The minimum absolute atomic E-state index is 0.0206. The maximum Gasteiger partial charge on any atom is 0.251 e. The van der Waals surface area contributed by atoms with Gasteiger partial charge in [0.15, 0.2) is 0 Å². The van der Waals surface area contributed by atoms with E-state index >= 15 is 0 Å². The molecular formula is C17H25N3O3. The summed E-state index contributed by atoms with van der Waals surface area (Å²) >= 11 is 0. The van der Waals surface area contributed by atoms with Gasteiger partial charge in [0.25, 0.3) is 5.91 Å². The zero-order valence-corrected chi connectivity index (χ0v) is 14.0. The first kappa shape index (κ1) is 18.8. The number of hydrogen-bond acceptors (Lipinski definition) is 4. The second kappa shape index (κ2) is 10.5. The van der Waals surface area contributed by atoms with E-state index in [4.69, 9.17) is 4.74 Å². The summed E-state index contributed by atoms with van der Waals surface area (Å²) in [5.41, 5.74) is 1.59. The lowest BCUT2D eigenvalue weighted by Gasteiger charge is -2.13. The number of amides is 2. The van der Waals surface area contributed by atoms with Crippen molar-refractivity contribution in [2.75, 3.05) is 26.7 Å². The van der Waals surface area contributed by atoms with Gasteiger partial charge in [-0.25, -0.2) is 0 Å². The number of benzene rings is 1. The van der Waals surface area contributed by atoms with Gasteiger partial charge in [-0.15, -0.1) is 0 Å². The molecule has 0 heterocycles. The minimum Gasteiger partial charge on any atom is -0.377 e. The van der Waals surface area contributed by atoms with Crippen molar-refractivity contribution < 1.29 is 14.3 Å². The number of nitrogens with zero attached hydrogens (tertiary/aromatic N) is 1. The zero-order valence-electron chi connectivity index (χ0n) is 14.0. The molecule has 6 nitrogen and oxygen atoms in total. The molecule has 0 saturated heterocycles. The van der Waals surface area contributed by atoms with Gasteiger partial charge in [0.2, 0.25) is 5.91 Å². The molecule has 0 saturated carbocycles. The summed E-state index contributed by atoms with van der Waals surface area (Å²) in [5.74, 6) is -0.167. The third-order valence-electron chi connectivity index (χ3n) is 3.17. The number of hydrogen-bond donors (Lipinski definition) is 2. The van der Waals surface area contributed by atoms with Gasteiger partial charge >= 0.3 is 0 Å².